The van der Waals surface area contributed by atoms with Crippen LogP contribution in [0.15, 0.2) is 27.2 Å². The maximum Gasteiger partial charge on any atom is 0.251 e. The van der Waals surface area contributed by atoms with Gasteiger partial charge in [-0.25, -0.2) is 13.8 Å². The Morgan fingerprint density at radius 3 is 2.40 bits per heavy atom. The average molecular weight is 367 g/mol. The minimum Gasteiger partial charge on any atom is -0.591 e. The van der Waals surface area contributed by atoms with Gasteiger partial charge in [-0.2, -0.15) is 0 Å². The molecule has 1 rings (SSSR count). The third kappa shape index (κ3) is 5.85. The number of alkyl halides is 2. The largest absolute Gasteiger partial charge is 0.591 e. The van der Waals surface area contributed by atoms with Crippen LogP contribution in [0.1, 0.15) is 39.8 Å². The Kier molecular flexibility index (Phi) is 5.69. The number of hydrogen-bond donors (Lipinski definition) is 0. The van der Waals surface area contributed by atoms with Gasteiger partial charge in [0.15, 0.2) is 0 Å². The first-order valence-corrected chi connectivity index (χ1v) is 7.89. The topological polar surface area (TPSA) is 48.3 Å². The van der Waals surface area contributed by atoms with E-state index in [1.165, 1.54) is 0 Å². The maximum absolute atomic E-state index is 13.3. The lowest BCUT2D eigenvalue weighted by molar-refractivity contribution is 0.0304. The minimum atomic E-state index is -2.94. The van der Waals surface area contributed by atoms with E-state index in [0.717, 1.165) is 6.92 Å². The van der Waals surface area contributed by atoms with E-state index in [9.17, 15) is 13.3 Å². The molecule has 20 heavy (non-hydrogen) atoms. The Hall–Kier alpha value is -0.530. The van der Waals surface area contributed by atoms with Crippen LogP contribution in [0, 0.1) is 0 Å². The fourth-order valence-electron chi connectivity index (χ4n) is 1.27. The number of rotatable bonds is 4. The van der Waals surface area contributed by atoms with E-state index in [2.05, 4.69) is 25.3 Å². The lowest BCUT2D eigenvalue weighted by atomic mass is 10.1. The van der Waals surface area contributed by atoms with Gasteiger partial charge in [0.05, 0.1) is 12.1 Å². The maximum atomic E-state index is 13.3. The summed E-state index contributed by atoms with van der Waals surface area (Å²) in [5, 5.41) is 0. The molecule has 7 heteroatoms. The van der Waals surface area contributed by atoms with E-state index in [0.29, 0.717) is 10.3 Å². The predicted molar refractivity (Wildman–Crippen MR) is 81.6 cm³/mol. The van der Waals surface area contributed by atoms with E-state index in [4.69, 9.17) is 0 Å². The molecule has 0 aromatic carbocycles. The number of nitrogens with zero attached hydrogens (tertiary/aromatic N) is 2. The van der Waals surface area contributed by atoms with Crippen LogP contribution in [0.5, 0.6) is 0 Å². The smallest absolute Gasteiger partial charge is 0.251 e. The molecule has 112 valence electrons. The molecule has 0 fully saturated rings. The molecule has 1 aromatic rings. The van der Waals surface area contributed by atoms with Gasteiger partial charge in [0, 0.05) is 0 Å². The van der Waals surface area contributed by atoms with Crippen LogP contribution in [0.4, 0.5) is 8.78 Å². The van der Waals surface area contributed by atoms with Crippen LogP contribution in [0.2, 0.25) is 0 Å². The Morgan fingerprint density at radius 1 is 1.35 bits per heavy atom. The fraction of sp³-hybridized carbons (Fsp3) is 0.538. The van der Waals surface area contributed by atoms with Gasteiger partial charge in [-0.05, 0) is 55.8 Å². The molecule has 0 aliphatic heterocycles. The number of aromatic nitrogens is 1. The zero-order valence-corrected chi connectivity index (χ0v) is 14.2. The standard InChI is InChI=1S/C13H17BrF2N2OS/c1-12(2,3)20(19)18-10(8-13(4,15)16)9-6-5-7-11(14)17-9/h5-7H,8H2,1-4H3. The monoisotopic (exact) mass is 366 g/mol. The highest BCUT2D eigenvalue weighted by molar-refractivity contribution is 9.10. The van der Waals surface area contributed by atoms with Crippen molar-refractivity contribution >= 4 is 33.0 Å². The molecule has 0 amide bonds. The molecule has 1 unspecified atom stereocenters. The molecule has 1 heterocycles. The van der Waals surface area contributed by atoms with Crippen molar-refractivity contribution in [3.63, 3.8) is 0 Å². The van der Waals surface area contributed by atoms with Crippen LogP contribution in [-0.4, -0.2) is 25.9 Å². The van der Waals surface area contributed by atoms with Gasteiger partial charge in [0.1, 0.15) is 26.4 Å². The highest BCUT2D eigenvalue weighted by Crippen LogP contribution is 2.24. The molecule has 1 aromatic heterocycles. The molecule has 3 nitrogen and oxygen atoms in total. The summed E-state index contributed by atoms with van der Waals surface area (Å²) in [6.07, 6.45) is -0.599. The molecule has 1 atom stereocenters. The second-order valence-corrected chi connectivity index (χ2v) is 8.21. The third-order valence-corrected chi connectivity index (χ3v) is 4.08. The number of halogens is 3. The molecule has 0 radical (unpaired) electrons. The zero-order valence-electron chi connectivity index (χ0n) is 11.8. The molecule has 0 saturated carbocycles. The highest BCUT2D eigenvalue weighted by atomic mass is 79.9. The lowest BCUT2D eigenvalue weighted by Gasteiger charge is -2.20. The first-order chi connectivity index (χ1) is 8.99. The molecule has 0 N–H and O–H groups in total. The van der Waals surface area contributed by atoms with Crippen molar-refractivity contribution in [3.05, 3.63) is 28.5 Å². The number of pyridine rings is 1. The van der Waals surface area contributed by atoms with Gasteiger partial charge in [0.2, 0.25) is 0 Å². The van der Waals surface area contributed by atoms with E-state index < -0.39 is 28.5 Å². The lowest BCUT2D eigenvalue weighted by Crippen LogP contribution is -2.28. The van der Waals surface area contributed by atoms with Crippen LogP contribution >= 0.6 is 15.9 Å². The van der Waals surface area contributed by atoms with Crippen molar-refractivity contribution < 1.29 is 13.3 Å². The van der Waals surface area contributed by atoms with Gasteiger partial charge < -0.3 is 4.55 Å². The quantitative estimate of drug-likeness (QED) is 0.456. The molecule has 0 saturated heterocycles. The van der Waals surface area contributed by atoms with Crippen molar-refractivity contribution in [1.82, 2.24) is 4.98 Å². The summed E-state index contributed by atoms with van der Waals surface area (Å²) in [6.45, 7) is 6.02. The van der Waals surface area contributed by atoms with E-state index in [1.54, 1.807) is 39.0 Å². The van der Waals surface area contributed by atoms with Crippen LogP contribution < -0.4 is 0 Å². The SMILES string of the molecule is CC(F)(F)CC(=N[S+]([O-])C(C)(C)C)c1cccc(Br)n1. The summed E-state index contributed by atoms with van der Waals surface area (Å²) < 4.78 is 42.5. The summed E-state index contributed by atoms with van der Waals surface area (Å²) >= 11 is 1.58. The van der Waals surface area contributed by atoms with Crippen LogP contribution in [0.3, 0.4) is 0 Å². The molecule has 0 spiro atoms. The average Bonchev–Trinajstić information content (AvgIpc) is 2.25. The fourth-order valence-corrected chi connectivity index (χ4v) is 2.25. The van der Waals surface area contributed by atoms with Crippen molar-refractivity contribution in [2.45, 2.75) is 44.8 Å². The van der Waals surface area contributed by atoms with E-state index in [-0.39, 0.29) is 5.71 Å². The molecular formula is C13H17BrF2N2OS. The van der Waals surface area contributed by atoms with Crippen molar-refractivity contribution in [2.75, 3.05) is 0 Å². The Labute approximate surface area is 129 Å². The molecule has 0 bridgehead atoms. The van der Waals surface area contributed by atoms with Crippen molar-refractivity contribution in [3.8, 4) is 0 Å². The van der Waals surface area contributed by atoms with E-state index in [1.807, 2.05) is 0 Å². The highest BCUT2D eigenvalue weighted by Gasteiger charge is 2.31. The van der Waals surface area contributed by atoms with Gasteiger partial charge in [-0.3, -0.25) is 0 Å². The second-order valence-electron chi connectivity index (χ2n) is 5.49. The summed E-state index contributed by atoms with van der Waals surface area (Å²) in [6, 6.07) is 4.94. The molecular weight excluding hydrogens is 350 g/mol. The minimum absolute atomic E-state index is 0.0482. The van der Waals surface area contributed by atoms with Crippen LogP contribution in [-0.2, 0) is 11.4 Å². The Bertz CT molecular complexity index is 498. The second kappa shape index (κ2) is 6.49. The zero-order chi connectivity index (χ0) is 15.6. The molecule has 0 aliphatic rings. The summed E-state index contributed by atoms with van der Waals surface area (Å²) in [5.74, 6) is -2.94. The van der Waals surface area contributed by atoms with Gasteiger partial charge in [-0.1, -0.05) is 10.5 Å². The van der Waals surface area contributed by atoms with E-state index >= 15 is 0 Å². The van der Waals surface area contributed by atoms with Crippen molar-refractivity contribution in [2.24, 2.45) is 4.40 Å². The first-order valence-electron chi connectivity index (χ1n) is 5.99. The summed E-state index contributed by atoms with van der Waals surface area (Å²) in [7, 11) is 0. The third-order valence-electron chi connectivity index (χ3n) is 2.21. The van der Waals surface area contributed by atoms with Crippen molar-refractivity contribution in [1.29, 1.82) is 0 Å². The summed E-state index contributed by atoms with van der Waals surface area (Å²) in [4.78, 5) is 4.11. The van der Waals surface area contributed by atoms with Gasteiger partial charge in [-0.15, -0.1) is 0 Å². The van der Waals surface area contributed by atoms with Crippen LogP contribution in [0.25, 0.3) is 0 Å². The first kappa shape index (κ1) is 17.5. The van der Waals surface area contributed by atoms with Gasteiger partial charge >= 0.3 is 0 Å². The summed E-state index contributed by atoms with van der Waals surface area (Å²) in [5.41, 5.74) is 0.352. The number of hydrogen-bond acceptors (Lipinski definition) is 3. The van der Waals surface area contributed by atoms with Gasteiger partial charge in [0.25, 0.3) is 5.92 Å². The normalized spacial score (nSPS) is 15.3. The predicted octanol–water partition coefficient (Wildman–Crippen LogP) is 4.14. The Balaban J connectivity index is 3.19. The molecule has 0 aliphatic carbocycles. The Morgan fingerprint density at radius 2 is 1.95 bits per heavy atom.